The van der Waals surface area contributed by atoms with Crippen LogP contribution in [0.4, 0.5) is 13.2 Å². The van der Waals surface area contributed by atoms with Gasteiger partial charge in [0, 0.05) is 12.6 Å². The lowest BCUT2D eigenvalue weighted by molar-refractivity contribution is 0.0640. The lowest BCUT2D eigenvalue weighted by atomic mass is 10.1. The molecule has 0 radical (unpaired) electrons. The Morgan fingerprint density at radius 1 is 1.04 bits per heavy atom. The molecule has 2 aromatic rings. The summed E-state index contributed by atoms with van der Waals surface area (Å²) in [5.41, 5.74) is 0.596. The number of aliphatic hydroxyl groups excluding tert-OH is 1. The molecule has 2 aromatic carbocycles. The van der Waals surface area contributed by atoms with Crippen LogP contribution < -0.4 is 4.74 Å². The third-order valence-corrected chi connectivity index (χ3v) is 3.85. The molecule has 3 nitrogen and oxygen atoms in total. The first-order valence-electron chi connectivity index (χ1n) is 7.59. The van der Waals surface area contributed by atoms with Gasteiger partial charge in [0.05, 0.1) is 0 Å². The normalized spacial score (nSPS) is 13.8. The van der Waals surface area contributed by atoms with E-state index in [0.29, 0.717) is 5.56 Å². The molecule has 0 aliphatic heterocycles. The fourth-order valence-corrected chi connectivity index (χ4v) is 2.32. The van der Waals surface area contributed by atoms with Gasteiger partial charge < -0.3 is 9.84 Å². The number of rotatable bonds is 7. The Bertz CT molecular complexity index is 681. The zero-order chi connectivity index (χ0) is 17.7. The van der Waals surface area contributed by atoms with Crippen LogP contribution in [0.25, 0.3) is 0 Å². The summed E-state index contributed by atoms with van der Waals surface area (Å²) in [5.74, 6) is -2.22. The average Bonchev–Trinajstić information content (AvgIpc) is 2.56. The first kappa shape index (κ1) is 18.3. The third kappa shape index (κ3) is 4.72. The lowest BCUT2D eigenvalue weighted by Gasteiger charge is -2.27. The number of para-hydroxylation sites is 1. The lowest BCUT2D eigenvalue weighted by Crippen LogP contribution is -2.34. The summed E-state index contributed by atoms with van der Waals surface area (Å²) < 4.78 is 45.0. The second-order valence-corrected chi connectivity index (χ2v) is 5.68. The predicted octanol–water partition coefficient (Wildman–Crippen LogP) is 3.54. The van der Waals surface area contributed by atoms with E-state index in [1.165, 1.54) is 18.2 Å². The van der Waals surface area contributed by atoms with Gasteiger partial charge in [-0.3, -0.25) is 4.90 Å². The standard InChI is InChI=1S/C18H20F3NO2/c1-12(13-7-8-15(19)17(21)9-13)22(2)10-14(23)11-24-18-6-4-3-5-16(18)20/h3-9,12,14,23H,10-11H2,1-2H3. The molecule has 0 bridgehead atoms. The molecule has 2 atom stereocenters. The van der Waals surface area contributed by atoms with Gasteiger partial charge in [-0.2, -0.15) is 0 Å². The molecule has 2 rings (SSSR count). The summed E-state index contributed by atoms with van der Waals surface area (Å²) in [6, 6.07) is 9.43. The van der Waals surface area contributed by atoms with Gasteiger partial charge in [0.2, 0.25) is 0 Å². The second kappa shape index (κ2) is 8.17. The number of ether oxygens (including phenoxy) is 1. The average molecular weight is 339 g/mol. The highest BCUT2D eigenvalue weighted by molar-refractivity contribution is 5.23. The number of likely N-dealkylation sites (N-methyl/N-ethyl adjacent to an activating group) is 1. The Labute approximate surface area is 139 Å². The number of aliphatic hydroxyl groups is 1. The molecule has 6 heteroatoms. The molecule has 0 saturated heterocycles. The fourth-order valence-electron chi connectivity index (χ4n) is 2.32. The summed E-state index contributed by atoms with van der Waals surface area (Å²) in [6.07, 6.45) is -0.859. The minimum absolute atomic E-state index is 0.0736. The molecule has 0 fully saturated rings. The van der Waals surface area contributed by atoms with Crippen LogP contribution in [0.5, 0.6) is 5.75 Å². The van der Waals surface area contributed by atoms with Crippen molar-refractivity contribution >= 4 is 0 Å². The Hall–Kier alpha value is -2.05. The van der Waals surface area contributed by atoms with E-state index >= 15 is 0 Å². The number of benzene rings is 2. The van der Waals surface area contributed by atoms with Crippen molar-refractivity contribution < 1.29 is 23.0 Å². The zero-order valence-electron chi connectivity index (χ0n) is 13.5. The van der Waals surface area contributed by atoms with E-state index in [9.17, 15) is 18.3 Å². The van der Waals surface area contributed by atoms with Crippen LogP contribution in [0.3, 0.4) is 0 Å². The van der Waals surface area contributed by atoms with Gasteiger partial charge in [0.25, 0.3) is 0 Å². The molecule has 2 unspecified atom stereocenters. The van der Waals surface area contributed by atoms with E-state index in [4.69, 9.17) is 4.74 Å². The van der Waals surface area contributed by atoms with Gasteiger partial charge in [-0.25, -0.2) is 13.2 Å². The minimum Gasteiger partial charge on any atom is -0.488 e. The molecule has 0 spiro atoms. The van der Waals surface area contributed by atoms with Crippen LogP contribution in [-0.4, -0.2) is 36.3 Å². The molecular formula is C18H20F3NO2. The fraction of sp³-hybridized carbons (Fsp3) is 0.333. The van der Waals surface area contributed by atoms with Crippen LogP contribution in [0.15, 0.2) is 42.5 Å². The van der Waals surface area contributed by atoms with E-state index in [1.807, 2.05) is 6.92 Å². The molecule has 1 N–H and O–H groups in total. The van der Waals surface area contributed by atoms with E-state index in [2.05, 4.69) is 0 Å². The van der Waals surface area contributed by atoms with E-state index in [0.717, 1.165) is 12.1 Å². The van der Waals surface area contributed by atoms with Crippen LogP contribution in [0.1, 0.15) is 18.5 Å². The van der Waals surface area contributed by atoms with Gasteiger partial charge >= 0.3 is 0 Å². The van der Waals surface area contributed by atoms with Gasteiger partial charge in [-0.05, 0) is 43.8 Å². The van der Waals surface area contributed by atoms with Crippen LogP contribution in [-0.2, 0) is 0 Å². The first-order chi connectivity index (χ1) is 11.4. The summed E-state index contributed by atoms with van der Waals surface area (Å²) in [7, 11) is 1.75. The highest BCUT2D eigenvalue weighted by Gasteiger charge is 2.17. The van der Waals surface area contributed by atoms with Crippen LogP contribution in [0.2, 0.25) is 0 Å². The van der Waals surface area contributed by atoms with Crippen molar-refractivity contribution in [2.24, 2.45) is 0 Å². The number of hydrogen-bond donors (Lipinski definition) is 1. The Balaban J connectivity index is 1.89. The van der Waals surface area contributed by atoms with E-state index < -0.39 is 23.6 Å². The largest absolute Gasteiger partial charge is 0.488 e. The van der Waals surface area contributed by atoms with Crippen molar-refractivity contribution in [3.8, 4) is 5.75 Å². The maximum Gasteiger partial charge on any atom is 0.165 e. The predicted molar refractivity (Wildman–Crippen MR) is 85.3 cm³/mol. The third-order valence-electron chi connectivity index (χ3n) is 3.85. The van der Waals surface area contributed by atoms with Gasteiger partial charge in [-0.1, -0.05) is 18.2 Å². The van der Waals surface area contributed by atoms with Gasteiger partial charge in [0.15, 0.2) is 23.2 Å². The van der Waals surface area contributed by atoms with Crippen molar-refractivity contribution in [2.45, 2.75) is 19.1 Å². The van der Waals surface area contributed by atoms with Crippen LogP contribution >= 0.6 is 0 Å². The van der Waals surface area contributed by atoms with Crippen LogP contribution in [0, 0.1) is 17.5 Å². The molecule has 0 amide bonds. The minimum atomic E-state index is -0.906. The second-order valence-electron chi connectivity index (χ2n) is 5.68. The monoisotopic (exact) mass is 339 g/mol. The molecule has 0 saturated carbocycles. The Morgan fingerprint density at radius 2 is 1.75 bits per heavy atom. The SMILES string of the molecule is CC(c1ccc(F)c(F)c1)N(C)CC(O)COc1ccccc1F. The molecule has 130 valence electrons. The number of nitrogens with zero attached hydrogens (tertiary/aromatic N) is 1. The van der Waals surface area contributed by atoms with Crippen molar-refractivity contribution in [3.63, 3.8) is 0 Å². The van der Waals surface area contributed by atoms with Crippen molar-refractivity contribution in [1.29, 1.82) is 0 Å². The molecule has 24 heavy (non-hydrogen) atoms. The smallest absolute Gasteiger partial charge is 0.165 e. The van der Waals surface area contributed by atoms with Crippen molar-refractivity contribution in [2.75, 3.05) is 20.2 Å². The van der Waals surface area contributed by atoms with Gasteiger partial charge in [0.1, 0.15) is 12.7 Å². The highest BCUT2D eigenvalue weighted by atomic mass is 19.2. The van der Waals surface area contributed by atoms with Crippen molar-refractivity contribution in [3.05, 3.63) is 65.5 Å². The summed E-state index contributed by atoms with van der Waals surface area (Å²) in [6.45, 7) is 1.97. The quantitative estimate of drug-likeness (QED) is 0.838. The molecule has 0 aromatic heterocycles. The van der Waals surface area contributed by atoms with E-state index in [-0.39, 0.29) is 24.9 Å². The molecule has 0 aliphatic carbocycles. The topological polar surface area (TPSA) is 32.7 Å². The summed E-state index contributed by atoms with van der Waals surface area (Å²) in [5, 5.41) is 10.0. The Kier molecular flexibility index (Phi) is 6.23. The summed E-state index contributed by atoms with van der Waals surface area (Å²) >= 11 is 0. The van der Waals surface area contributed by atoms with E-state index in [1.54, 1.807) is 24.1 Å². The molecule has 0 heterocycles. The highest BCUT2D eigenvalue weighted by Crippen LogP contribution is 2.21. The number of hydrogen-bond acceptors (Lipinski definition) is 3. The summed E-state index contributed by atoms with van der Waals surface area (Å²) in [4.78, 5) is 1.78. The zero-order valence-corrected chi connectivity index (χ0v) is 13.5. The molecular weight excluding hydrogens is 319 g/mol. The maximum atomic E-state index is 13.4. The van der Waals surface area contributed by atoms with Crippen molar-refractivity contribution in [1.82, 2.24) is 4.90 Å². The Morgan fingerprint density at radius 3 is 2.42 bits per heavy atom. The number of halogens is 3. The van der Waals surface area contributed by atoms with Gasteiger partial charge in [-0.15, -0.1) is 0 Å². The molecule has 0 aliphatic rings. The first-order valence-corrected chi connectivity index (χ1v) is 7.59. The maximum absolute atomic E-state index is 13.4.